The molecule has 0 saturated carbocycles. The van der Waals surface area contributed by atoms with Gasteiger partial charge in [-0.05, 0) is 18.2 Å². The van der Waals surface area contributed by atoms with E-state index in [0.717, 1.165) is 12.3 Å². The molecule has 1 fully saturated rings. The number of rotatable bonds is 4. The summed E-state index contributed by atoms with van der Waals surface area (Å²) < 4.78 is 49.6. The van der Waals surface area contributed by atoms with Crippen molar-refractivity contribution in [3.05, 3.63) is 75.6 Å². The molecule has 1 aromatic carbocycles. The Bertz CT molecular complexity index is 1550. The number of aromatic amines is 2. The number of halogens is 3. The maximum atomic E-state index is 14.8. The Kier molecular flexibility index (Phi) is 5.26. The zero-order chi connectivity index (χ0) is 24.7. The maximum Gasteiger partial charge on any atom is 0.412 e. The van der Waals surface area contributed by atoms with Crippen LogP contribution in [0.5, 0.6) is 0 Å². The molecule has 1 amide bonds. The lowest BCUT2D eigenvalue weighted by atomic mass is 10.2. The summed E-state index contributed by atoms with van der Waals surface area (Å²) in [6, 6.07) is 6.63. The minimum atomic E-state index is -3.45. The number of aromatic nitrogens is 5. The van der Waals surface area contributed by atoms with Crippen LogP contribution < -0.4 is 21.5 Å². The maximum absolute atomic E-state index is 14.8. The molecule has 1 atom stereocenters. The molecule has 3 aromatic heterocycles. The predicted octanol–water partition coefficient (Wildman–Crippen LogP) is 1.98. The Morgan fingerprint density at radius 1 is 1.26 bits per heavy atom. The summed E-state index contributed by atoms with van der Waals surface area (Å²) in [6.07, 6.45) is 0.941. The number of para-hydroxylation sites is 1. The van der Waals surface area contributed by atoms with Crippen LogP contribution >= 0.6 is 0 Å². The Morgan fingerprint density at radius 2 is 2.06 bits per heavy atom. The number of imidazole rings is 1. The van der Waals surface area contributed by atoms with E-state index in [9.17, 15) is 27.6 Å². The Morgan fingerprint density at radius 3 is 2.83 bits per heavy atom. The number of hydrogen-bond acceptors (Lipinski definition) is 7. The lowest BCUT2D eigenvalue weighted by Gasteiger charge is -2.19. The van der Waals surface area contributed by atoms with Crippen molar-refractivity contribution < 1.29 is 22.7 Å². The highest BCUT2D eigenvalue weighted by Gasteiger charge is 2.51. The van der Waals surface area contributed by atoms with Crippen molar-refractivity contribution in [3.8, 4) is 11.3 Å². The van der Waals surface area contributed by atoms with Crippen LogP contribution in [0.4, 0.5) is 29.3 Å². The van der Waals surface area contributed by atoms with E-state index in [0.29, 0.717) is 0 Å². The highest BCUT2D eigenvalue weighted by atomic mass is 19.3. The first kappa shape index (κ1) is 22.2. The van der Waals surface area contributed by atoms with Crippen LogP contribution in [-0.4, -0.2) is 55.8 Å². The Hall–Kier alpha value is -4.62. The van der Waals surface area contributed by atoms with E-state index in [4.69, 9.17) is 4.74 Å². The molecule has 1 aliphatic heterocycles. The van der Waals surface area contributed by atoms with Gasteiger partial charge in [-0.15, -0.1) is 0 Å². The van der Waals surface area contributed by atoms with Crippen LogP contribution in [0.15, 0.2) is 58.5 Å². The van der Waals surface area contributed by atoms with Gasteiger partial charge in [0.1, 0.15) is 11.5 Å². The number of carbonyl (C=O) groups excluding carboxylic acids is 1. The molecular formula is C21H16F3N7O4. The largest absolute Gasteiger partial charge is 0.438 e. The van der Waals surface area contributed by atoms with Crippen LogP contribution in [0.3, 0.4) is 0 Å². The molecule has 1 aliphatic rings. The first-order valence-electron chi connectivity index (χ1n) is 10.2. The summed E-state index contributed by atoms with van der Waals surface area (Å²) >= 11 is 0. The molecular weight excluding hydrogens is 471 g/mol. The van der Waals surface area contributed by atoms with Gasteiger partial charge in [-0.1, -0.05) is 12.1 Å². The molecule has 4 heterocycles. The van der Waals surface area contributed by atoms with E-state index in [1.165, 1.54) is 46.1 Å². The zero-order valence-corrected chi connectivity index (χ0v) is 17.7. The zero-order valence-electron chi connectivity index (χ0n) is 17.7. The number of carbonyl (C=O) groups is 1. The monoisotopic (exact) mass is 487 g/mol. The number of nitrogens with one attached hydrogen (secondary N) is 3. The fourth-order valence-corrected chi connectivity index (χ4v) is 3.76. The van der Waals surface area contributed by atoms with Crippen molar-refractivity contribution in [1.29, 1.82) is 0 Å². The number of benzene rings is 1. The number of hydrogen-bond donors (Lipinski definition) is 3. The van der Waals surface area contributed by atoms with Gasteiger partial charge in [-0.25, -0.2) is 32.3 Å². The third-order valence-corrected chi connectivity index (χ3v) is 5.39. The minimum absolute atomic E-state index is 0.00414. The molecule has 0 aliphatic carbocycles. The van der Waals surface area contributed by atoms with E-state index in [1.54, 1.807) is 0 Å². The number of alkyl halides is 2. The average Bonchev–Trinajstić information content (AvgIpc) is 3.38. The second kappa shape index (κ2) is 8.30. The van der Waals surface area contributed by atoms with E-state index in [2.05, 4.69) is 25.4 Å². The minimum Gasteiger partial charge on any atom is -0.438 e. The predicted molar refractivity (Wildman–Crippen MR) is 117 cm³/mol. The van der Waals surface area contributed by atoms with Crippen LogP contribution in [0.2, 0.25) is 0 Å². The van der Waals surface area contributed by atoms with E-state index in [1.807, 2.05) is 0 Å². The van der Waals surface area contributed by atoms with Crippen molar-refractivity contribution >= 4 is 23.1 Å². The molecule has 3 N–H and O–H groups in total. The fourth-order valence-electron chi connectivity index (χ4n) is 3.76. The van der Waals surface area contributed by atoms with Crippen molar-refractivity contribution in [2.24, 2.45) is 0 Å². The molecule has 180 valence electrons. The Labute approximate surface area is 193 Å². The average molecular weight is 487 g/mol. The summed E-state index contributed by atoms with van der Waals surface area (Å²) in [7, 11) is 0. The van der Waals surface area contributed by atoms with Crippen molar-refractivity contribution in [2.45, 2.75) is 12.0 Å². The highest BCUT2D eigenvalue weighted by Crippen LogP contribution is 2.36. The molecule has 35 heavy (non-hydrogen) atoms. The molecule has 14 heteroatoms. The number of fused-ring (bicyclic) bond motifs is 1. The van der Waals surface area contributed by atoms with Crippen molar-refractivity contribution in [2.75, 3.05) is 23.3 Å². The first-order valence-corrected chi connectivity index (χ1v) is 10.2. The van der Waals surface area contributed by atoms with Crippen molar-refractivity contribution in [1.82, 2.24) is 24.6 Å². The normalized spacial score (nSPS) is 17.0. The SMILES string of the molecule is O=C(Nc1ccccc1F)O[C@H]1CN(c2cc(-c3c[nH]c(=O)[nH]c3=O)nn3ccnc23)CC1(F)F. The smallest absolute Gasteiger partial charge is 0.412 e. The molecule has 0 unspecified atom stereocenters. The summed E-state index contributed by atoms with van der Waals surface area (Å²) in [5.74, 6) is -4.19. The van der Waals surface area contributed by atoms with Gasteiger partial charge < -0.3 is 14.6 Å². The molecule has 0 spiro atoms. The van der Waals surface area contributed by atoms with Gasteiger partial charge >= 0.3 is 17.7 Å². The number of nitrogens with zero attached hydrogens (tertiary/aromatic N) is 4. The standard InChI is InChI=1S/C21H16F3N7O4/c22-12-3-1-2-4-13(12)27-20(34)35-16-9-30(10-21(16,23)24)15-7-14(29-31-6-5-25-17(15)31)11-8-26-19(33)28-18(11)32/h1-8,16H,9-10H2,(H,27,34)(H2,26,28,32,33)/t16-/m0/s1. The summed E-state index contributed by atoms with van der Waals surface area (Å²) in [5, 5.41) is 6.37. The molecule has 11 nitrogen and oxygen atoms in total. The molecule has 0 bridgehead atoms. The number of ether oxygens (including phenoxy) is 1. The summed E-state index contributed by atoms with van der Waals surface area (Å²) in [5.41, 5.74) is -1.12. The Balaban J connectivity index is 1.44. The van der Waals surface area contributed by atoms with Crippen LogP contribution in [0.1, 0.15) is 0 Å². The second-order valence-electron chi connectivity index (χ2n) is 7.74. The van der Waals surface area contributed by atoms with Gasteiger partial charge in [0.15, 0.2) is 11.8 Å². The van der Waals surface area contributed by atoms with E-state index >= 15 is 0 Å². The molecule has 0 radical (unpaired) electrons. The molecule has 1 saturated heterocycles. The first-order chi connectivity index (χ1) is 16.7. The van der Waals surface area contributed by atoms with Gasteiger partial charge in [-0.3, -0.25) is 15.1 Å². The van der Waals surface area contributed by atoms with Gasteiger partial charge in [0.25, 0.3) is 5.56 Å². The summed E-state index contributed by atoms with van der Waals surface area (Å²) in [6.45, 7) is -1.23. The second-order valence-corrected chi connectivity index (χ2v) is 7.74. The highest BCUT2D eigenvalue weighted by molar-refractivity contribution is 5.85. The van der Waals surface area contributed by atoms with Gasteiger partial charge in [-0.2, -0.15) is 5.10 Å². The fraction of sp³-hybridized carbons (Fsp3) is 0.190. The lowest BCUT2D eigenvalue weighted by Crippen LogP contribution is -2.37. The molecule has 5 rings (SSSR count). The van der Waals surface area contributed by atoms with Gasteiger partial charge in [0, 0.05) is 18.6 Å². The van der Waals surface area contributed by atoms with Crippen molar-refractivity contribution in [3.63, 3.8) is 0 Å². The van der Waals surface area contributed by atoms with E-state index in [-0.39, 0.29) is 28.3 Å². The van der Waals surface area contributed by atoms with Gasteiger partial charge in [0.2, 0.25) is 0 Å². The van der Waals surface area contributed by atoms with Gasteiger partial charge in [0.05, 0.1) is 30.0 Å². The van der Waals surface area contributed by atoms with Crippen LogP contribution in [0, 0.1) is 5.82 Å². The van der Waals surface area contributed by atoms with E-state index < -0.39 is 48.3 Å². The number of anilines is 2. The lowest BCUT2D eigenvalue weighted by molar-refractivity contribution is -0.0735. The van der Waals surface area contributed by atoms with Crippen LogP contribution in [0.25, 0.3) is 16.9 Å². The summed E-state index contributed by atoms with van der Waals surface area (Å²) in [4.78, 5) is 45.6. The number of H-pyrrole nitrogens is 2. The topological polar surface area (TPSA) is 137 Å². The third-order valence-electron chi connectivity index (χ3n) is 5.39. The number of amides is 1. The quantitative estimate of drug-likeness (QED) is 0.400. The third kappa shape index (κ3) is 4.20. The molecule has 4 aromatic rings. The van der Waals surface area contributed by atoms with Crippen LogP contribution in [-0.2, 0) is 4.74 Å².